The summed E-state index contributed by atoms with van der Waals surface area (Å²) in [4.78, 5) is 4.27. The average molecular weight is 234 g/mol. The number of hydrogen-bond donors (Lipinski definition) is 1. The fourth-order valence-corrected chi connectivity index (χ4v) is 1.88. The van der Waals surface area contributed by atoms with E-state index in [4.69, 9.17) is 5.26 Å². The number of benzene rings is 1. The minimum Gasteiger partial charge on any atom is -0.293 e. The van der Waals surface area contributed by atoms with Crippen molar-refractivity contribution in [1.82, 2.24) is 9.66 Å². The maximum Gasteiger partial charge on any atom is 0.103 e. The summed E-state index contributed by atoms with van der Waals surface area (Å²) in [6.07, 6.45) is 5.36. The Bertz CT molecular complexity index is 723. The molecule has 0 radical (unpaired) electrons. The number of anilines is 1. The van der Waals surface area contributed by atoms with Gasteiger partial charge in [-0.2, -0.15) is 5.26 Å². The highest BCUT2D eigenvalue weighted by Crippen LogP contribution is 2.25. The van der Waals surface area contributed by atoms with E-state index in [9.17, 15) is 0 Å². The van der Waals surface area contributed by atoms with E-state index in [-0.39, 0.29) is 0 Å². The number of aromatic nitrogens is 2. The van der Waals surface area contributed by atoms with E-state index < -0.39 is 0 Å². The zero-order valence-corrected chi connectivity index (χ0v) is 9.54. The molecule has 0 fully saturated rings. The zero-order chi connectivity index (χ0) is 12.4. The van der Waals surface area contributed by atoms with Crippen LogP contribution in [0.4, 0.5) is 5.69 Å². The highest BCUT2D eigenvalue weighted by molar-refractivity contribution is 5.93. The standard InChI is InChI=1S/C14H10N4/c15-9-11-10-16-13-6-2-1-5-12(13)14(11)17-18-7-3-4-8-18/h1-8,10H,(H,16,17). The van der Waals surface area contributed by atoms with Gasteiger partial charge in [0.05, 0.1) is 16.8 Å². The highest BCUT2D eigenvalue weighted by Gasteiger charge is 2.08. The first kappa shape index (κ1) is 10.4. The van der Waals surface area contributed by atoms with Crippen molar-refractivity contribution in [2.75, 3.05) is 5.43 Å². The minimum absolute atomic E-state index is 0.530. The molecule has 1 N–H and O–H groups in total. The molecule has 0 atom stereocenters. The Morgan fingerprint density at radius 1 is 1.11 bits per heavy atom. The summed E-state index contributed by atoms with van der Waals surface area (Å²) in [7, 11) is 0. The summed E-state index contributed by atoms with van der Waals surface area (Å²) < 4.78 is 1.81. The predicted molar refractivity (Wildman–Crippen MR) is 69.9 cm³/mol. The molecule has 0 amide bonds. The molecular weight excluding hydrogens is 224 g/mol. The molecule has 2 heterocycles. The van der Waals surface area contributed by atoms with Gasteiger partial charge >= 0.3 is 0 Å². The lowest BCUT2D eigenvalue weighted by atomic mass is 10.1. The second kappa shape index (κ2) is 4.22. The van der Waals surface area contributed by atoms with E-state index in [1.54, 1.807) is 6.20 Å². The van der Waals surface area contributed by atoms with Crippen molar-refractivity contribution in [1.29, 1.82) is 5.26 Å². The molecule has 86 valence electrons. The SMILES string of the molecule is N#Cc1cnc2ccccc2c1Nn1cccc1. The van der Waals surface area contributed by atoms with E-state index in [2.05, 4.69) is 16.5 Å². The Labute approximate surface area is 104 Å². The number of hydrogen-bond acceptors (Lipinski definition) is 3. The third-order valence-corrected chi connectivity index (χ3v) is 2.74. The normalized spacial score (nSPS) is 10.2. The number of para-hydroxylation sites is 1. The number of fused-ring (bicyclic) bond motifs is 1. The van der Waals surface area contributed by atoms with Crippen molar-refractivity contribution in [2.45, 2.75) is 0 Å². The number of rotatable bonds is 2. The van der Waals surface area contributed by atoms with Crippen LogP contribution in [0.25, 0.3) is 10.9 Å². The molecule has 18 heavy (non-hydrogen) atoms. The molecule has 0 saturated carbocycles. The molecule has 4 nitrogen and oxygen atoms in total. The van der Waals surface area contributed by atoms with Gasteiger partial charge in [-0.1, -0.05) is 18.2 Å². The molecule has 4 heteroatoms. The van der Waals surface area contributed by atoms with Crippen molar-refractivity contribution >= 4 is 16.6 Å². The van der Waals surface area contributed by atoms with Gasteiger partial charge in [-0.05, 0) is 18.2 Å². The van der Waals surface area contributed by atoms with Gasteiger partial charge in [0.2, 0.25) is 0 Å². The predicted octanol–water partition coefficient (Wildman–Crippen LogP) is 2.78. The zero-order valence-electron chi connectivity index (χ0n) is 9.54. The van der Waals surface area contributed by atoms with Gasteiger partial charge in [-0.3, -0.25) is 15.1 Å². The van der Waals surface area contributed by atoms with Gasteiger partial charge in [-0.15, -0.1) is 0 Å². The topological polar surface area (TPSA) is 53.6 Å². The van der Waals surface area contributed by atoms with Crippen LogP contribution in [0.2, 0.25) is 0 Å². The minimum atomic E-state index is 0.530. The Morgan fingerprint density at radius 3 is 2.67 bits per heavy atom. The summed E-state index contributed by atoms with van der Waals surface area (Å²) in [5.74, 6) is 0. The lowest BCUT2D eigenvalue weighted by molar-refractivity contribution is 0.972. The summed E-state index contributed by atoms with van der Waals surface area (Å²) in [6.45, 7) is 0. The first-order valence-electron chi connectivity index (χ1n) is 5.56. The largest absolute Gasteiger partial charge is 0.293 e. The molecule has 3 aromatic rings. The van der Waals surface area contributed by atoms with Crippen LogP contribution in [0, 0.1) is 11.3 Å². The third kappa shape index (κ3) is 1.68. The number of nitriles is 1. The van der Waals surface area contributed by atoms with E-state index in [0.29, 0.717) is 5.56 Å². The fraction of sp³-hybridized carbons (Fsp3) is 0. The lowest BCUT2D eigenvalue weighted by Gasteiger charge is -2.11. The number of pyridine rings is 1. The number of nitrogens with one attached hydrogen (secondary N) is 1. The van der Waals surface area contributed by atoms with Gasteiger partial charge < -0.3 is 0 Å². The van der Waals surface area contributed by atoms with Gasteiger partial charge in [0.1, 0.15) is 6.07 Å². The summed E-state index contributed by atoms with van der Waals surface area (Å²) in [6, 6.07) is 13.7. The van der Waals surface area contributed by atoms with Gasteiger partial charge in [0.25, 0.3) is 0 Å². The quantitative estimate of drug-likeness (QED) is 0.741. The van der Waals surface area contributed by atoms with E-state index >= 15 is 0 Å². The van der Waals surface area contributed by atoms with Gasteiger partial charge in [0, 0.05) is 24.0 Å². The second-order valence-electron chi connectivity index (χ2n) is 3.88. The first-order chi connectivity index (χ1) is 8.88. The molecule has 0 unspecified atom stereocenters. The maximum atomic E-state index is 9.17. The summed E-state index contributed by atoms with van der Waals surface area (Å²) in [5, 5.41) is 10.1. The third-order valence-electron chi connectivity index (χ3n) is 2.74. The van der Waals surface area contributed by atoms with Crippen molar-refractivity contribution in [3.05, 3.63) is 60.6 Å². The van der Waals surface area contributed by atoms with E-state index in [1.807, 2.05) is 53.5 Å². The summed E-state index contributed by atoms with van der Waals surface area (Å²) >= 11 is 0. The van der Waals surface area contributed by atoms with Gasteiger partial charge in [0.15, 0.2) is 0 Å². The average Bonchev–Trinajstić information content (AvgIpc) is 2.92. The van der Waals surface area contributed by atoms with Crippen LogP contribution in [0.3, 0.4) is 0 Å². The van der Waals surface area contributed by atoms with Crippen LogP contribution >= 0.6 is 0 Å². The molecule has 0 saturated heterocycles. The van der Waals surface area contributed by atoms with Crippen LogP contribution < -0.4 is 5.43 Å². The molecule has 0 aliphatic carbocycles. The maximum absolute atomic E-state index is 9.17. The molecule has 1 aromatic carbocycles. The molecule has 0 aliphatic rings. The van der Waals surface area contributed by atoms with Gasteiger partial charge in [-0.25, -0.2) is 0 Å². The summed E-state index contributed by atoms with van der Waals surface area (Å²) in [5.41, 5.74) is 5.37. The number of nitrogens with zero attached hydrogens (tertiary/aromatic N) is 3. The smallest absolute Gasteiger partial charge is 0.103 e. The lowest BCUT2D eigenvalue weighted by Crippen LogP contribution is -2.08. The Morgan fingerprint density at radius 2 is 1.89 bits per heavy atom. The Balaban J connectivity index is 2.21. The molecule has 0 aliphatic heterocycles. The van der Waals surface area contributed by atoms with E-state index in [0.717, 1.165) is 16.6 Å². The molecule has 3 rings (SSSR count). The van der Waals surface area contributed by atoms with Crippen molar-refractivity contribution in [3.8, 4) is 6.07 Å². The van der Waals surface area contributed by atoms with Crippen LogP contribution in [-0.4, -0.2) is 9.66 Å². The van der Waals surface area contributed by atoms with Crippen LogP contribution in [0.1, 0.15) is 5.56 Å². The monoisotopic (exact) mass is 234 g/mol. The van der Waals surface area contributed by atoms with Crippen molar-refractivity contribution in [3.63, 3.8) is 0 Å². The Kier molecular flexibility index (Phi) is 2.43. The first-order valence-corrected chi connectivity index (χ1v) is 5.56. The van der Waals surface area contributed by atoms with Crippen LogP contribution in [0.15, 0.2) is 55.0 Å². The fourth-order valence-electron chi connectivity index (χ4n) is 1.88. The van der Waals surface area contributed by atoms with E-state index in [1.165, 1.54) is 0 Å². The highest BCUT2D eigenvalue weighted by atomic mass is 15.4. The molecule has 2 aromatic heterocycles. The van der Waals surface area contributed by atoms with Crippen LogP contribution in [-0.2, 0) is 0 Å². The van der Waals surface area contributed by atoms with Crippen molar-refractivity contribution in [2.24, 2.45) is 0 Å². The molecule has 0 spiro atoms. The van der Waals surface area contributed by atoms with Crippen molar-refractivity contribution < 1.29 is 0 Å². The molecule has 0 bridgehead atoms. The Hall–Kier alpha value is -2.80. The second-order valence-corrected chi connectivity index (χ2v) is 3.88. The molecular formula is C14H10N4. The van der Waals surface area contributed by atoms with Crippen LogP contribution in [0.5, 0.6) is 0 Å².